The molecule has 0 spiro atoms. The van der Waals surface area contributed by atoms with Crippen molar-refractivity contribution in [3.63, 3.8) is 0 Å². The van der Waals surface area contributed by atoms with Gasteiger partial charge in [-0.3, -0.25) is 14.5 Å². The number of aliphatic carboxylic acids is 1. The summed E-state index contributed by atoms with van der Waals surface area (Å²) < 4.78 is 0. The van der Waals surface area contributed by atoms with Gasteiger partial charge in [0.1, 0.15) is 5.75 Å². The van der Waals surface area contributed by atoms with Gasteiger partial charge in [0.05, 0.1) is 6.57 Å². The van der Waals surface area contributed by atoms with E-state index >= 15 is 0 Å². The van der Waals surface area contributed by atoms with Gasteiger partial charge in [-0.15, -0.1) is 0 Å². The van der Waals surface area contributed by atoms with E-state index in [0.717, 1.165) is 32.5 Å². The Kier molecular flexibility index (Phi) is 7.83. The highest BCUT2D eigenvalue weighted by Gasteiger charge is 2.23. The first kappa shape index (κ1) is 20.5. The van der Waals surface area contributed by atoms with Crippen molar-refractivity contribution in [2.24, 2.45) is 0 Å². The molecule has 0 bridgehead atoms. The molecule has 2 rings (SSSR count). The minimum atomic E-state index is -0.752. The van der Waals surface area contributed by atoms with E-state index in [4.69, 9.17) is 11.7 Å². The maximum atomic E-state index is 12.6. The molecule has 144 valence electrons. The number of carbonyl (C=O) groups excluding carboxylic acids is 1. The van der Waals surface area contributed by atoms with Gasteiger partial charge in [-0.1, -0.05) is 18.6 Å². The molecule has 1 aromatic carbocycles. The first-order valence-electron chi connectivity index (χ1n) is 9.11. The van der Waals surface area contributed by atoms with E-state index in [1.54, 1.807) is 23.1 Å². The number of rotatable bonds is 8. The van der Waals surface area contributed by atoms with Gasteiger partial charge in [0.25, 0.3) is 11.6 Å². The van der Waals surface area contributed by atoms with Crippen molar-refractivity contribution in [1.29, 1.82) is 0 Å². The first-order valence-corrected chi connectivity index (χ1v) is 9.11. The Labute approximate surface area is 159 Å². The second-order valence-corrected chi connectivity index (χ2v) is 6.57. The van der Waals surface area contributed by atoms with Crippen molar-refractivity contribution in [2.45, 2.75) is 25.7 Å². The molecule has 1 amide bonds. The summed E-state index contributed by atoms with van der Waals surface area (Å²) in [5.41, 5.74) is 0.773. The standard InChI is InChI=1S/C20H25N3O4/c1-21-18(15-16-6-8-17(24)9-7-16)20(27)23-13-11-22(12-14-23)10-4-2-3-5-19(25)26/h6-9,15,24H,2-5,10-14H2,(H,25,26). The smallest absolute Gasteiger partial charge is 0.303 e. The Morgan fingerprint density at radius 3 is 2.33 bits per heavy atom. The van der Waals surface area contributed by atoms with E-state index < -0.39 is 5.97 Å². The topological polar surface area (TPSA) is 85.4 Å². The average molecular weight is 371 g/mol. The number of phenols is 1. The molecular weight excluding hydrogens is 346 g/mol. The van der Waals surface area contributed by atoms with Crippen LogP contribution in [0, 0.1) is 6.57 Å². The van der Waals surface area contributed by atoms with Gasteiger partial charge < -0.3 is 15.1 Å². The lowest BCUT2D eigenvalue weighted by Crippen LogP contribution is -2.49. The highest BCUT2D eigenvalue weighted by atomic mass is 16.4. The number of benzene rings is 1. The van der Waals surface area contributed by atoms with E-state index in [-0.39, 0.29) is 23.8 Å². The largest absolute Gasteiger partial charge is 0.508 e. The third-order valence-corrected chi connectivity index (χ3v) is 4.56. The van der Waals surface area contributed by atoms with Crippen molar-refractivity contribution in [3.05, 3.63) is 46.9 Å². The lowest BCUT2D eigenvalue weighted by molar-refractivity contribution is -0.137. The van der Waals surface area contributed by atoms with Gasteiger partial charge in [-0.05, 0) is 43.2 Å². The molecule has 27 heavy (non-hydrogen) atoms. The molecule has 0 saturated carbocycles. The summed E-state index contributed by atoms with van der Waals surface area (Å²) in [4.78, 5) is 30.4. The van der Waals surface area contributed by atoms with Gasteiger partial charge in [-0.25, -0.2) is 4.85 Å². The summed E-state index contributed by atoms with van der Waals surface area (Å²) in [6.07, 6.45) is 4.31. The third-order valence-electron chi connectivity index (χ3n) is 4.56. The number of amides is 1. The Hall–Kier alpha value is -2.85. The Morgan fingerprint density at radius 1 is 1.07 bits per heavy atom. The molecule has 0 aromatic heterocycles. The van der Waals surface area contributed by atoms with Crippen LogP contribution in [0.15, 0.2) is 30.0 Å². The van der Waals surface area contributed by atoms with Gasteiger partial charge >= 0.3 is 5.97 Å². The lowest BCUT2D eigenvalue weighted by Gasteiger charge is -2.34. The zero-order valence-corrected chi connectivity index (χ0v) is 15.3. The molecule has 1 saturated heterocycles. The Balaban J connectivity index is 1.80. The normalized spacial score (nSPS) is 15.4. The van der Waals surface area contributed by atoms with Gasteiger partial charge in [0, 0.05) is 32.6 Å². The van der Waals surface area contributed by atoms with Crippen molar-refractivity contribution in [1.82, 2.24) is 9.80 Å². The summed E-state index contributed by atoms with van der Waals surface area (Å²) in [5, 5.41) is 17.9. The van der Waals surface area contributed by atoms with Crippen LogP contribution in [-0.4, -0.2) is 64.6 Å². The SMILES string of the molecule is [C-]#[N+]C(=Cc1ccc(O)cc1)C(=O)N1CCN(CCCCCC(=O)O)CC1. The maximum Gasteiger partial charge on any atom is 0.303 e. The van der Waals surface area contributed by atoms with Crippen molar-refractivity contribution >= 4 is 18.0 Å². The third kappa shape index (κ3) is 6.76. The second kappa shape index (κ2) is 10.3. The molecule has 7 heteroatoms. The second-order valence-electron chi connectivity index (χ2n) is 6.57. The van der Waals surface area contributed by atoms with Gasteiger partial charge in [0.2, 0.25) is 0 Å². The zero-order chi connectivity index (χ0) is 19.6. The number of unbranched alkanes of at least 4 members (excludes halogenated alkanes) is 2. The Bertz CT molecular complexity index is 714. The van der Waals surface area contributed by atoms with Crippen LogP contribution in [0.3, 0.4) is 0 Å². The van der Waals surface area contributed by atoms with E-state index in [0.29, 0.717) is 25.1 Å². The fourth-order valence-electron chi connectivity index (χ4n) is 3.00. The zero-order valence-electron chi connectivity index (χ0n) is 15.3. The molecule has 1 heterocycles. The number of phenolic OH excluding ortho intramolecular Hbond substituents is 1. The molecule has 1 aliphatic heterocycles. The summed E-state index contributed by atoms with van der Waals surface area (Å²) in [7, 11) is 0. The van der Waals surface area contributed by atoms with Crippen LogP contribution < -0.4 is 0 Å². The highest BCUT2D eigenvalue weighted by molar-refractivity contribution is 5.99. The van der Waals surface area contributed by atoms with Crippen LogP contribution >= 0.6 is 0 Å². The molecule has 1 aliphatic rings. The summed E-state index contributed by atoms with van der Waals surface area (Å²) >= 11 is 0. The molecule has 1 fully saturated rings. The van der Waals surface area contributed by atoms with Crippen LogP contribution in [0.2, 0.25) is 0 Å². The fourth-order valence-corrected chi connectivity index (χ4v) is 3.00. The van der Waals surface area contributed by atoms with Crippen molar-refractivity contribution in [3.8, 4) is 5.75 Å². The Morgan fingerprint density at radius 2 is 1.74 bits per heavy atom. The van der Waals surface area contributed by atoms with Crippen LogP contribution in [0.25, 0.3) is 10.9 Å². The molecule has 2 N–H and O–H groups in total. The molecule has 7 nitrogen and oxygen atoms in total. The molecule has 0 radical (unpaired) electrons. The quantitative estimate of drug-likeness (QED) is 0.416. The first-order chi connectivity index (χ1) is 13.0. The number of carboxylic acids is 1. The predicted octanol–water partition coefficient (Wildman–Crippen LogP) is 2.44. The van der Waals surface area contributed by atoms with Crippen LogP contribution in [0.4, 0.5) is 0 Å². The van der Waals surface area contributed by atoms with Crippen LogP contribution in [0.1, 0.15) is 31.2 Å². The number of hydrogen-bond acceptors (Lipinski definition) is 4. The van der Waals surface area contributed by atoms with E-state index in [2.05, 4.69) is 9.74 Å². The van der Waals surface area contributed by atoms with E-state index in [1.165, 1.54) is 12.1 Å². The summed E-state index contributed by atoms with van der Waals surface area (Å²) in [6, 6.07) is 6.37. The minimum Gasteiger partial charge on any atom is -0.508 e. The number of nitrogens with zero attached hydrogens (tertiary/aromatic N) is 3. The van der Waals surface area contributed by atoms with E-state index in [9.17, 15) is 14.7 Å². The monoisotopic (exact) mass is 371 g/mol. The number of carboxylic acid groups (broad SMARTS) is 1. The number of hydrogen-bond donors (Lipinski definition) is 2. The molecular formula is C20H25N3O4. The van der Waals surface area contributed by atoms with E-state index in [1.807, 2.05) is 0 Å². The number of carbonyl (C=O) groups is 2. The lowest BCUT2D eigenvalue weighted by atomic mass is 10.1. The minimum absolute atomic E-state index is 0.0720. The maximum absolute atomic E-state index is 12.6. The summed E-state index contributed by atoms with van der Waals surface area (Å²) in [6.45, 7) is 10.9. The number of piperazine rings is 1. The van der Waals surface area contributed by atoms with Crippen LogP contribution in [-0.2, 0) is 9.59 Å². The van der Waals surface area contributed by atoms with Gasteiger partial charge in [-0.2, -0.15) is 0 Å². The molecule has 0 aliphatic carbocycles. The van der Waals surface area contributed by atoms with Gasteiger partial charge in [0.15, 0.2) is 0 Å². The number of aromatic hydroxyl groups is 1. The molecule has 0 atom stereocenters. The molecule has 1 aromatic rings. The fraction of sp³-hybridized carbons (Fsp3) is 0.450. The van der Waals surface area contributed by atoms with Crippen LogP contribution in [0.5, 0.6) is 5.75 Å². The average Bonchev–Trinajstić information content (AvgIpc) is 2.67. The highest BCUT2D eigenvalue weighted by Crippen LogP contribution is 2.16. The van der Waals surface area contributed by atoms with Crippen molar-refractivity contribution < 1.29 is 19.8 Å². The predicted molar refractivity (Wildman–Crippen MR) is 102 cm³/mol. The van der Waals surface area contributed by atoms with Crippen molar-refractivity contribution in [2.75, 3.05) is 32.7 Å². The summed E-state index contributed by atoms with van der Waals surface area (Å²) in [5.74, 6) is -0.876. The molecule has 0 unspecified atom stereocenters.